The van der Waals surface area contributed by atoms with Crippen LogP contribution in [-0.4, -0.2) is 22.0 Å². The minimum atomic E-state index is -0.993. The molecular formula is C10H11BrN2O4. The first-order chi connectivity index (χ1) is 7.82. The Morgan fingerprint density at radius 1 is 1.59 bits per heavy atom. The molecule has 0 fully saturated rings. The molecule has 0 saturated heterocycles. The summed E-state index contributed by atoms with van der Waals surface area (Å²) >= 11 is 3.17. The molecule has 0 aliphatic heterocycles. The molecule has 92 valence electrons. The van der Waals surface area contributed by atoms with Crippen LogP contribution in [0.15, 0.2) is 16.6 Å². The maximum Gasteiger partial charge on any atom is 0.325 e. The Balaban J connectivity index is 3.08. The normalized spacial score (nSPS) is 11.9. The highest BCUT2D eigenvalue weighted by Gasteiger charge is 2.17. The first kappa shape index (κ1) is 13.4. The fourth-order valence-corrected chi connectivity index (χ4v) is 1.72. The van der Waals surface area contributed by atoms with E-state index in [1.54, 1.807) is 13.0 Å². The van der Waals surface area contributed by atoms with E-state index < -0.39 is 16.9 Å². The number of carboxylic acids is 1. The predicted molar refractivity (Wildman–Crippen MR) is 66.3 cm³/mol. The SMILES string of the molecule is Cc1cc(N[C@@H](C)C(=O)O)c(Br)cc1[N+](=O)[O-]. The van der Waals surface area contributed by atoms with Crippen LogP contribution < -0.4 is 5.32 Å². The third-order valence-corrected chi connectivity index (χ3v) is 2.88. The summed E-state index contributed by atoms with van der Waals surface area (Å²) < 4.78 is 0.461. The van der Waals surface area contributed by atoms with Crippen LogP contribution in [0.4, 0.5) is 11.4 Å². The summed E-state index contributed by atoms with van der Waals surface area (Å²) in [6.07, 6.45) is 0. The van der Waals surface area contributed by atoms with Crippen LogP contribution in [0, 0.1) is 17.0 Å². The van der Waals surface area contributed by atoms with Crippen molar-refractivity contribution < 1.29 is 14.8 Å². The number of halogens is 1. The van der Waals surface area contributed by atoms with Crippen LogP contribution in [0.3, 0.4) is 0 Å². The van der Waals surface area contributed by atoms with Gasteiger partial charge in [-0.05, 0) is 35.8 Å². The summed E-state index contributed by atoms with van der Waals surface area (Å²) in [7, 11) is 0. The van der Waals surface area contributed by atoms with Gasteiger partial charge < -0.3 is 10.4 Å². The van der Waals surface area contributed by atoms with E-state index in [4.69, 9.17) is 5.11 Å². The standard InChI is InChI=1S/C10H11BrN2O4/c1-5-3-8(12-6(2)10(14)15)7(11)4-9(5)13(16)17/h3-4,6,12H,1-2H3,(H,14,15)/t6-/m0/s1. The maximum atomic E-state index is 10.7. The predicted octanol–water partition coefficient (Wildman–Crippen LogP) is 2.55. The van der Waals surface area contributed by atoms with E-state index in [0.29, 0.717) is 15.7 Å². The zero-order valence-corrected chi connectivity index (χ0v) is 10.8. The largest absolute Gasteiger partial charge is 0.480 e. The number of nitrogens with zero attached hydrogens (tertiary/aromatic N) is 1. The topological polar surface area (TPSA) is 92.5 Å². The zero-order valence-electron chi connectivity index (χ0n) is 9.23. The van der Waals surface area contributed by atoms with Crippen molar-refractivity contribution in [2.24, 2.45) is 0 Å². The van der Waals surface area contributed by atoms with Gasteiger partial charge in [0.25, 0.3) is 5.69 Å². The molecule has 0 amide bonds. The molecule has 0 aromatic heterocycles. The summed E-state index contributed by atoms with van der Waals surface area (Å²) in [6, 6.07) is 2.13. The van der Waals surface area contributed by atoms with E-state index in [2.05, 4.69) is 21.2 Å². The Morgan fingerprint density at radius 2 is 2.18 bits per heavy atom. The van der Waals surface area contributed by atoms with Gasteiger partial charge in [0.2, 0.25) is 0 Å². The van der Waals surface area contributed by atoms with Crippen LogP contribution in [0.1, 0.15) is 12.5 Å². The molecular weight excluding hydrogens is 292 g/mol. The molecule has 1 atom stereocenters. The number of anilines is 1. The third-order valence-electron chi connectivity index (χ3n) is 2.22. The van der Waals surface area contributed by atoms with Crippen LogP contribution in [0.5, 0.6) is 0 Å². The summed E-state index contributed by atoms with van der Waals surface area (Å²) in [5.41, 5.74) is 0.978. The summed E-state index contributed by atoms with van der Waals surface area (Å²) in [4.78, 5) is 20.9. The molecule has 1 aromatic carbocycles. The lowest BCUT2D eigenvalue weighted by atomic mass is 10.1. The van der Waals surface area contributed by atoms with Gasteiger partial charge in [-0.15, -0.1) is 0 Å². The van der Waals surface area contributed by atoms with Gasteiger partial charge in [0, 0.05) is 21.8 Å². The lowest BCUT2D eigenvalue weighted by Crippen LogP contribution is -2.25. The second-order valence-corrected chi connectivity index (χ2v) is 4.43. The van der Waals surface area contributed by atoms with E-state index >= 15 is 0 Å². The van der Waals surface area contributed by atoms with E-state index in [9.17, 15) is 14.9 Å². The number of nitro benzene ring substituents is 1. The number of aliphatic carboxylic acids is 1. The molecule has 0 aliphatic carbocycles. The minimum Gasteiger partial charge on any atom is -0.480 e. The number of hydrogen-bond donors (Lipinski definition) is 2. The van der Waals surface area contributed by atoms with Gasteiger partial charge in [-0.25, -0.2) is 0 Å². The summed E-state index contributed by atoms with van der Waals surface area (Å²) in [5.74, 6) is -0.993. The van der Waals surface area contributed by atoms with Gasteiger partial charge >= 0.3 is 5.97 Å². The maximum absolute atomic E-state index is 10.7. The molecule has 0 spiro atoms. The number of nitro groups is 1. The molecule has 6 nitrogen and oxygen atoms in total. The highest BCUT2D eigenvalue weighted by molar-refractivity contribution is 9.10. The molecule has 0 radical (unpaired) electrons. The molecule has 2 N–H and O–H groups in total. The Labute approximate surface area is 106 Å². The molecule has 1 rings (SSSR count). The fourth-order valence-electron chi connectivity index (χ4n) is 1.27. The molecule has 0 heterocycles. The van der Waals surface area contributed by atoms with Crippen molar-refractivity contribution >= 4 is 33.3 Å². The number of aryl methyl sites for hydroxylation is 1. The van der Waals surface area contributed by atoms with E-state index in [1.807, 2.05) is 0 Å². The molecule has 0 unspecified atom stereocenters. The zero-order chi connectivity index (χ0) is 13.2. The van der Waals surface area contributed by atoms with Gasteiger partial charge in [0.15, 0.2) is 0 Å². The monoisotopic (exact) mass is 302 g/mol. The van der Waals surface area contributed by atoms with Gasteiger partial charge in [0.05, 0.1) is 4.92 Å². The molecule has 17 heavy (non-hydrogen) atoms. The molecule has 1 aromatic rings. The highest BCUT2D eigenvalue weighted by atomic mass is 79.9. The van der Waals surface area contributed by atoms with Crippen molar-refractivity contribution in [1.29, 1.82) is 0 Å². The molecule has 0 bridgehead atoms. The van der Waals surface area contributed by atoms with Crippen molar-refractivity contribution in [2.75, 3.05) is 5.32 Å². The molecule has 0 saturated carbocycles. The number of nitrogens with one attached hydrogen (secondary N) is 1. The van der Waals surface area contributed by atoms with Crippen molar-refractivity contribution in [3.8, 4) is 0 Å². The second kappa shape index (κ2) is 5.13. The summed E-state index contributed by atoms with van der Waals surface area (Å²) in [6.45, 7) is 3.09. The Hall–Kier alpha value is -1.63. The van der Waals surface area contributed by atoms with E-state index in [1.165, 1.54) is 13.0 Å². The minimum absolute atomic E-state index is 0.00889. The van der Waals surface area contributed by atoms with Crippen molar-refractivity contribution in [3.05, 3.63) is 32.3 Å². The smallest absolute Gasteiger partial charge is 0.325 e. The van der Waals surface area contributed by atoms with Crippen molar-refractivity contribution in [2.45, 2.75) is 19.9 Å². The van der Waals surface area contributed by atoms with Crippen molar-refractivity contribution in [3.63, 3.8) is 0 Å². The number of hydrogen-bond acceptors (Lipinski definition) is 4. The molecule has 0 aliphatic rings. The average molecular weight is 303 g/mol. The Bertz CT molecular complexity index is 476. The summed E-state index contributed by atoms with van der Waals surface area (Å²) in [5, 5.41) is 22.2. The van der Waals surface area contributed by atoms with Crippen LogP contribution >= 0.6 is 15.9 Å². The average Bonchev–Trinajstić information content (AvgIpc) is 2.22. The lowest BCUT2D eigenvalue weighted by Gasteiger charge is -2.13. The van der Waals surface area contributed by atoms with Gasteiger partial charge in [-0.2, -0.15) is 0 Å². The van der Waals surface area contributed by atoms with E-state index in [0.717, 1.165) is 0 Å². The van der Waals surface area contributed by atoms with Gasteiger partial charge in [0.1, 0.15) is 6.04 Å². The number of carboxylic acid groups (broad SMARTS) is 1. The molecule has 7 heteroatoms. The van der Waals surface area contributed by atoms with Gasteiger partial charge in [-0.1, -0.05) is 0 Å². The van der Waals surface area contributed by atoms with Crippen LogP contribution in [0.2, 0.25) is 0 Å². The highest BCUT2D eigenvalue weighted by Crippen LogP contribution is 2.30. The van der Waals surface area contributed by atoms with Gasteiger partial charge in [-0.3, -0.25) is 14.9 Å². The third kappa shape index (κ3) is 3.16. The fraction of sp³-hybridized carbons (Fsp3) is 0.300. The van der Waals surface area contributed by atoms with Crippen molar-refractivity contribution in [1.82, 2.24) is 0 Å². The Morgan fingerprint density at radius 3 is 2.65 bits per heavy atom. The number of benzene rings is 1. The Kier molecular flexibility index (Phi) is 4.06. The quantitative estimate of drug-likeness (QED) is 0.658. The number of carbonyl (C=O) groups is 1. The first-order valence-electron chi connectivity index (χ1n) is 4.76. The second-order valence-electron chi connectivity index (χ2n) is 3.58. The van der Waals surface area contributed by atoms with Crippen LogP contribution in [-0.2, 0) is 4.79 Å². The lowest BCUT2D eigenvalue weighted by molar-refractivity contribution is -0.385. The first-order valence-corrected chi connectivity index (χ1v) is 5.56. The van der Waals surface area contributed by atoms with E-state index in [-0.39, 0.29) is 5.69 Å². The van der Waals surface area contributed by atoms with Crippen LogP contribution in [0.25, 0.3) is 0 Å². The number of rotatable bonds is 4.